The summed E-state index contributed by atoms with van der Waals surface area (Å²) in [7, 11) is 0. The Morgan fingerprint density at radius 1 is 1.14 bits per heavy atom. The molecule has 0 N–H and O–H groups in total. The molecular formula is C17H16N2O3. The second-order valence-corrected chi connectivity index (χ2v) is 5.48. The molecule has 2 aliphatic heterocycles. The Morgan fingerprint density at radius 2 is 1.91 bits per heavy atom. The van der Waals surface area contributed by atoms with E-state index in [4.69, 9.17) is 9.47 Å². The van der Waals surface area contributed by atoms with Crippen molar-refractivity contribution in [3.63, 3.8) is 0 Å². The van der Waals surface area contributed by atoms with Gasteiger partial charge in [0.1, 0.15) is 13.2 Å². The molecule has 2 aromatic rings. The van der Waals surface area contributed by atoms with Crippen LogP contribution in [0, 0.1) is 0 Å². The van der Waals surface area contributed by atoms with Crippen molar-refractivity contribution in [2.75, 3.05) is 19.8 Å². The molecular weight excluding hydrogens is 280 g/mol. The van der Waals surface area contributed by atoms with E-state index in [1.165, 1.54) is 5.56 Å². The van der Waals surface area contributed by atoms with Gasteiger partial charge in [-0.05, 0) is 41.8 Å². The number of carbonyl (C=O) groups is 1. The Morgan fingerprint density at radius 3 is 2.64 bits per heavy atom. The first kappa shape index (κ1) is 13.1. The topological polar surface area (TPSA) is 51.7 Å². The van der Waals surface area contributed by atoms with E-state index in [9.17, 15) is 4.79 Å². The summed E-state index contributed by atoms with van der Waals surface area (Å²) in [6.07, 6.45) is 4.12. The third-order valence-corrected chi connectivity index (χ3v) is 4.07. The molecule has 4 rings (SSSR count). The Labute approximate surface area is 128 Å². The highest BCUT2D eigenvalue weighted by molar-refractivity contribution is 5.94. The highest BCUT2D eigenvalue weighted by Gasteiger charge is 2.24. The average Bonchev–Trinajstić information content (AvgIpc) is 2.59. The van der Waals surface area contributed by atoms with Crippen molar-refractivity contribution in [1.29, 1.82) is 0 Å². The molecule has 0 saturated heterocycles. The van der Waals surface area contributed by atoms with Crippen molar-refractivity contribution in [2.24, 2.45) is 0 Å². The fourth-order valence-electron chi connectivity index (χ4n) is 2.94. The molecule has 3 heterocycles. The van der Waals surface area contributed by atoms with E-state index in [0.717, 1.165) is 23.5 Å². The highest BCUT2D eigenvalue weighted by Crippen LogP contribution is 2.35. The predicted molar refractivity (Wildman–Crippen MR) is 80.1 cm³/mol. The van der Waals surface area contributed by atoms with Gasteiger partial charge in [-0.1, -0.05) is 0 Å². The fraction of sp³-hybridized carbons (Fsp3) is 0.294. The number of carbonyl (C=O) groups excluding carboxylic acids is 1. The maximum Gasteiger partial charge on any atom is 0.255 e. The monoisotopic (exact) mass is 296 g/mol. The van der Waals surface area contributed by atoms with Gasteiger partial charge in [-0.3, -0.25) is 9.78 Å². The summed E-state index contributed by atoms with van der Waals surface area (Å²) in [6, 6.07) is 7.64. The van der Waals surface area contributed by atoms with Crippen molar-refractivity contribution in [2.45, 2.75) is 13.0 Å². The highest BCUT2D eigenvalue weighted by atomic mass is 16.6. The van der Waals surface area contributed by atoms with Crippen molar-refractivity contribution >= 4 is 5.91 Å². The second kappa shape index (κ2) is 5.33. The molecule has 1 amide bonds. The Kier molecular flexibility index (Phi) is 3.18. The minimum atomic E-state index is 0.0219. The number of amides is 1. The fourth-order valence-corrected chi connectivity index (χ4v) is 2.94. The van der Waals surface area contributed by atoms with E-state index in [1.807, 2.05) is 11.0 Å². The molecule has 0 saturated carbocycles. The normalized spacial score (nSPS) is 16.1. The summed E-state index contributed by atoms with van der Waals surface area (Å²) < 4.78 is 11.3. The average molecular weight is 296 g/mol. The molecule has 0 fully saturated rings. The van der Waals surface area contributed by atoms with Crippen LogP contribution < -0.4 is 9.47 Å². The van der Waals surface area contributed by atoms with E-state index in [-0.39, 0.29) is 5.91 Å². The zero-order chi connectivity index (χ0) is 14.9. The largest absolute Gasteiger partial charge is 0.486 e. The van der Waals surface area contributed by atoms with Gasteiger partial charge < -0.3 is 14.4 Å². The van der Waals surface area contributed by atoms with Gasteiger partial charge in [-0.15, -0.1) is 0 Å². The first-order valence-corrected chi connectivity index (χ1v) is 7.42. The smallest absolute Gasteiger partial charge is 0.255 e. The zero-order valence-corrected chi connectivity index (χ0v) is 12.1. The van der Waals surface area contributed by atoms with Gasteiger partial charge in [0.05, 0.1) is 5.56 Å². The minimum Gasteiger partial charge on any atom is -0.486 e. The van der Waals surface area contributed by atoms with Gasteiger partial charge in [0.2, 0.25) is 0 Å². The third-order valence-electron chi connectivity index (χ3n) is 4.07. The van der Waals surface area contributed by atoms with Crippen LogP contribution in [0.2, 0.25) is 0 Å². The van der Waals surface area contributed by atoms with Crippen LogP contribution >= 0.6 is 0 Å². The van der Waals surface area contributed by atoms with Crippen LogP contribution in [0.1, 0.15) is 21.5 Å². The SMILES string of the molecule is O=C(c1cccnc1)N1CCc2cc3c(cc2C1)OCCO3. The molecule has 0 aliphatic carbocycles. The van der Waals surface area contributed by atoms with Gasteiger partial charge in [-0.2, -0.15) is 0 Å². The first-order valence-electron chi connectivity index (χ1n) is 7.42. The van der Waals surface area contributed by atoms with Gasteiger partial charge >= 0.3 is 0 Å². The number of benzene rings is 1. The molecule has 0 unspecified atom stereocenters. The van der Waals surface area contributed by atoms with E-state index < -0.39 is 0 Å². The first-order chi connectivity index (χ1) is 10.8. The number of nitrogens with zero attached hydrogens (tertiary/aromatic N) is 2. The summed E-state index contributed by atoms with van der Waals surface area (Å²) in [6.45, 7) is 2.47. The van der Waals surface area contributed by atoms with Crippen LogP contribution in [0.3, 0.4) is 0 Å². The molecule has 5 nitrogen and oxygen atoms in total. The maximum atomic E-state index is 12.5. The number of hydrogen-bond donors (Lipinski definition) is 0. The summed E-state index contributed by atoms with van der Waals surface area (Å²) >= 11 is 0. The lowest BCUT2D eigenvalue weighted by atomic mass is 9.98. The number of pyridine rings is 1. The lowest BCUT2D eigenvalue weighted by Crippen LogP contribution is -2.36. The molecule has 0 atom stereocenters. The number of ether oxygens (including phenoxy) is 2. The quantitative estimate of drug-likeness (QED) is 0.808. The van der Waals surface area contributed by atoms with Crippen molar-refractivity contribution in [1.82, 2.24) is 9.88 Å². The molecule has 2 aliphatic rings. The molecule has 5 heteroatoms. The number of hydrogen-bond acceptors (Lipinski definition) is 4. The van der Waals surface area contributed by atoms with Crippen molar-refractivity contribution in [3.8, 4) is 11.5 Å². The Balaban J connectivity index is 1.60. The summed E-state index contributed by atoms with van der Waals surface area (Å²) in [5.41, 5.74) is 3.00. The summed E-state index contributed by atoms with van der Waals surface area (Å²) in [4.78, 5) is 18.4. The van der Waals surface area contributed by atoms with Gasteiger partial charge in [-0.25, -0.2) is 0 Å². The van der Waals surface area contributed by atoms with E-state index in [1.54, 1.807) is 24.5 Å². The standard InChI is InChI=1S/C17H16N2O3/c20-17(13-2-1-4-18-10-13)19-5-3-12-8-15-16(9-14(12)11-19)22-7-6-21-15/h1-2,4,8-10H,3,5-7,11H2. The molecule has 1 aromatic carbocycles. The number of aromatic nitrogens is 1. The minimum absolute atomic E-state index is 0.0219. The lowest BCUT2D eigenvalue weighted by molar-refractivity contribution is 0.0733. The predicted octanol–water partition coefficient (Wildman–Crippen LogP) is 2.05. The van der Waals surface area contributed by atoms with Crippen LogP contribution in [0.15, 0.2) is 36.7 Å². The van der Waals surface area contributed by atoms with Crippen LogP contribution in [-0.2, 0) is 13.0 Å². The Hall–Kier alpha value is -2.56. The molecule has 112 valence electrons. The number of fused-ring (bicyclic) bond motifs is 2. The third kappa shape index (κ3) is 2.28. The summed E-state index contributed by atoms with van der Waals surface area (Å²) in [5, 5.41) is 0. The van der Waals surface area contributed by atoms with Gasteiger partial charge in [0, 0.05) is 25.5 Å². The van der Waals surface area contributed by atoms with Crippen molar-refractivity contribution in [3.05, 3.63) is 53.3 Å². The van der Waals surface area contributed by atoms with Gasteiger partial charge in [0.25, 0.3) is 5.91 Å². The van der Waals surface area contributed by atoms with E-state index in [0.29, 0.717) is 31.9 Å². The van der Waals surface area contributed by atoms with E-state index >= 15 is 0 Å². The molecule has 0 radical (unpaired) electrons. The maximum absolute atomic E-state index is 12.5. The number of rotatable bonds is 1. The molecule has 22 heavy (non-hydrogen) atoms. The zero-order valence-electron chi connectivity index (χ0n) is 12.1. The van der Waals surface area contributed by atoms with Crippen molar-refractivity contribution < 1.29 is 14.3 Å². The molecule has 0 spiro atoms. The van der Waals surface area contributed by atoms with Crippen LogP contribution in [0.5, 0.6) is 11.5 Å². The van der Waals surface area contributed by atoms with Crippen LogP contribution in [0.4, 0.5) is 0 Å². The van der Waals surface area contributed by atoms with Gasteiger partial charge in [0.15, 0.2) is 11.5 Å². The molecule has 0 bridgehead atoms. The van der Waals surface area contributed by atoms with Crippen LogP contribution in [0.25, 0.3) is 0 Å². The second-order valence-electron chi connectivity index (χ2n) is 5.48. The Bertz CT molecular complexity index is 715. The molecule has 1 aromatic heterocycles. The van der Waals surface area contributed by atoms with E-state index in [2.05, 4.69) is 11.1 Å². The van der Waals surface area contributed by atoms with Crippen LogP contribution in [-0.4, -0.2) is 35.5 Å². The summed E-state index contributed by atoms with van der Waals surface area (Å²) in [5.74, 6) is 1.62. The lowest BCUT2D eigenvalue weighted by Gasteiger charge is -2.30.